The molecule has 1 aliphatic rings. The number of pyridine rings is 1. The second-order valence-corrected chi connectivity index (χ2v) is 5.95. The van der Waals surface area contributed by atoms with E-state index in [1.54, 1.807) is 53.6 Å². The Morgan fingerprint density at radius 3 is 2.89 bits per heavy atom. The number of para-hydroxylation sites is 2. The van der Waals surface area contributed by atoms with Crippen LogP contribution in [-0.4, -0.2) is 39.7 Å². The van der Waals surface area contributed by atoms with Crippen LogP contribution in [0.1, 0.15) is 5.56 Å². The number of rotatable bonds is 5. The van der Waals surface area contributed by atoms with E-state index in [0.717, 1.165) is 5.56 Å². The van der Waals surface area contributed by atoms with Gasteiger partial charge in [-0.15, -0.1) is 0 Å². The number of nitrogens with zero attached hydrogens (tertiary/aromatic N) is 4. The number of ether oxygens (including phenoxy) is 1. The Labute approximate surface area is 155 Å². The topological polar surface area (TPSA) is 89.4 Å². The number of anilines is 1. The summed E-state index contributed by atoms with van der Waals surface area (Å²) in [7, 11) is 0. The molecule has 0 fully saturated rings. The summed E-state index contributed by atoms with van der Waals surface area (Å²) in [5.41, 5.74) is 1.42. The van der Waals surface area contributed by atoms with Gasteiger partial charge >= 0.3 is 0 Å². The van der Waals surface area contributed by atoms with Crippen molar-refractivity contribution in [2.45, 2.75) is 6.54 Å². The summed E-state index contributed by atoms with van der Waals surface area (Å²) >= 11 is 0. The molecule has 8 nitrogen and oxygen atoms in total. The molecule has 0 saturated carbocycles. The maximum Gasteiger partial charge on any atom is 0.265 e. The quantitative estimate of drug-likeness (QED) is 0.738. The van der Waals surface area contributed by atoms with Gasteiger partial charge in [-0.2, -0.15) is 5.10 Å². The van der Waals surface area contributed by atoms with Crippen molar-refractivity contribution >= 4 is 17.5 Å². The molecule has 1 aliphatic heterocycles. The fourth-order valence-electron chi connectivity index (χ4n) is 2.89. The Morgan fingerprint density at radius 2 is 2.04 bits per heavy atom. The van der Waals surface area contributed by atoms with Crippen LogP contribution in [0.15, 0.2) is 61.1 Å². The predicted octanol–water partition coefficient (Wildman–Crippen LogP) is 1.31. The second kappa shape index (κ2) is 7.28. The monoisotopic (exact) mass is 363 g/mol. The Kier molecular flexibility index (Phi) is 4.52. The first-order chi connectivity index (χ1) is 13.2. The van der Waals surface area contributed by atoms with Crippen molar-refractivity contribution in [3.63, 3.8) is 0 Å². The van der Waals surface area contributed by atoms with Gasteiger partial charge in [-0.1, -0.05) is 18.2 Å². The minimum atomic E-state index is -0.268. The van der Waals surface area contributed by atoms with Gasteiger partial charge in [0.15, 0.2) is 12.4 Å². The average Bonchev–Trinajstić information content (AvgIpc) is 3.23. The number of aromatic nitrogens is 3. The third kappa shape index (κ3) is 3.50. The highest BCUT2D eigenvalue weighted by Gasteiger charge is 2.26. The minimum absolute atomic E-state index is 0.0728. The zero-order valence-electron chi connectivity index (χ0n) is 14.4. The SMILES string of the molecule is O=C(CN1C(=O)COc2ccccc21)NCc1cccnc1-n1cccn1. The zero-order valence-corrected chi connectivity index (χ0v) is 14.4. The molecule has 1 N–H and O–H groups in total. The normalized spacial score (nSPS) is 13.0. The zero-order chi connectivity index (χ0) is 18.6. The molecule has 8 heteroatoms. The van der Waals surface area contributed by atoms with Crippen LogP contribution in [0, 0.1) is 0 Å². The van der Waals surface area contributed by atoms with Gasteiger partial charge in [-0.3, -0.25) is 14.5 Å². The van der Waals surface area contributed by atoms with E-state index < -0.39 is 0 Å². The molecule has 27 heavy (non-hydrogen) atoms. The van der Waals surface area contributed by atoms with E-state index in [2.05, 4.69) is 15.4 Å². The fourth-order valence-corrected chi connectivity index (χ4v) is 2.89. The van der Waals surface area contributed by atoms with Crippen LogP contribution in [0.3, 0.4) is 0 Å². The molecule has 4 rings (SSSR count). The van der Waals surface area contributed by atoms with Crippen molar-refractivity contribution in [2.75, 3.05) is 18.1 Å². The number of hydrogen-bond donors (Lipinski definition) is 1. The van der Waals surface area contributed by atoms with Gasteiger partial charge in [0.25, 0.3) is 5.91 Å². The van der Waals surface area contributed by atoms with Crippen LogP contribution in [0.4, 0.5) is 5.69 Å². The summed E-state index contributed by atoms with van der Waals surface area (Å²) in [6, 6.07) is 12.6. The lowest BCUT2D eigenvalue weighted by Crippen LogP contribution is -2.45. The summed E-state index contributed by atoms with van der Waals surface area (Å²) in [5.74, 6) is 0.728. The van der Waals surface area contributed by atoms with E-state index >= 15 is 0 Å². The standard InChI is InChI=1S/C19H17N5O3/c25-17(12-23-15-6-1-2-7-16(15)27-13-18(23)26)21-11-14-5-3-8-20-19(14)24-10-4-9-22-24/h1-10H,11-13H2,(H,21,25). The van der Waals surface area contributed by atoms with Crippen LogP contribution in [0.2, 0.25) is 0 Å². The van der Waals surface area contributed by atoms with Crippen molar-refractivity contribution in [3.05, 3.63) is 66.6 Å². The lowest BCUT2D eigenvalue weighted by Gasteiger charge is -2.28. The number of carbonyl (C=O) groups is 2. The summed E-state index contributed by atoms with van der Waals surface area (Å²) in [4.78, 5) is 30.4. The first-order valence-corrected chi connectivity index (χ1v) is 8.45. The predicted molar refractivity (Wildman–Crippen MR) is 97.5 cm³/mol. The fraction of sp³-hybridized carbons (Fsp3) is 0.158. The van der Waals surface area contributed by atoms with Crippen molar-refractivity contribution in [3.8, 4) is 11.6 Å². The highest BCUT2D eigenvalue weighted by atomic mass is 16.5. The molecule has 0 radical (unpaired) electrons. The lowest BCUT2D eigenvalue weighted by atomic mass is 10.2. The highest BCUT2D eigenvalue weighted by molar-refractivity contribution is 6.02. The molecule has 3 aromatic rings. The van der Waals surface area contributed by atoms with Crippen LogP contribution >= 0.6 is 0 Å². The molecule has 0 aliphatic carbocycles. The molecule has 1 aromatic carbocycles. The number of amides is 2. The Hall–Kier alpha value is -3.68. The van der Waals surface area contributed by atoms with Gasteiger partial charge in [0.05, 0.1) is 5.69 Å². The van der Waals surface area contributed by atoms with E-state index in [4.69, 9.17) is 4.74 Å². The average molecular weight is 363 g/mol. The van der Waals surface area contributed by atoms with Crippen molar-refractivity contribution in [2.24, 2.45) is 0 Å². The number of carbonyl (C=O) groups excluding carboxylic acids is 2. The molecular weight excluding hydrogens is 346 g/mol. The molecule has 0 saturated heterocycles. The third-order valence-electron chi connectivity index (χ3n) is 4.17. The summed E-state index contributed by atoms with van der Waals surface area (Å²) in [6.07, 6.45) is 5.13. The Bertz CT molecular complexity index is 971. The highest BCUT2D eigenvalue weighted by Crippen LogP contribution is 2.31. The molecule has 136 valence electrons. The van der Waals surface area contributed by atoms with Crippen molar-refractivity contribution in [1.29, 1.82) is 0 Å². The van der Waals surface area contributed by atoms with E-state index in [0.29, 0.717) is 17.3 Å². The van der Waals surface area contributed by atoms with E-state index in [9.17, 15) is 9.59 Å². The largest absolute Gasteiger partial charge is 0.482 e. The minimum Gasteiger partial charge on any atom is -0.482 e. The Morgan fingerprint density at radius 1 is 1.15 bits per heavy atom. The number of fused-ring (bicyclic) bond motifs is 1. The van der Waals surface area contributed by atoms with Gasteiger partial charge in [-0.05, 0) is 24.3 Å². The Balaban J connectivity index is 1.45. The van der Waals surface area contributed by atoms with Gasteiger partial charge < -0.3 is 10.1 Å². The van der Waals surface area contributed by atoms with Crippen LogP contribution < -0.4 is 15.0 Å². The number of benzene rings is 1. The van der Waals surface area contributed by atoms with Gasteiger partial charge in [0.2, 0.25) is 5.91 Å². The van der Waals surface area contributed by atoms with Gasteiger partial charge in [-0.25, -0.2) is 9.67 Å². The van der Waals surface area contributed by atoms with Crippen molar-refractivity contribution < 1.29 is 14.3 Å². The van der Waals surface area contributed by atoms with E-state index in [-0.39, 0.29) is 31.5 Å². The molecule has 0 unspecified atom stereocenters. The summed E-state index contributed by atoms with van der Waals surface area (Å²) in [6.45, 7) is 0.134. The molecule has 0 bridgehead atoms. The van der Waals surface area contributed by atoms with Crippen LogP contribution in [0.25, 0.3) is 5.82 Å². The number of nitrogens with one attached hydrogen (secondary N) is 1. The lowest BCUT2D eigenvalue weighted by molar-refractivity contribution is -0.125. The molecule has 2 aromatic heterocycles. The molecule has 2 amide bonds. The second-order valence-electron chi connectivity index (χ2n) is 5.95. The first-order valence-electron chi connectivity index (χ1n) is 8.45. The van der Waals surface area contributed by atoms with Gasteiger partial charge in [0.1, 0.15) is 12.3 Å². The maximum atomic E-state index is 12.4. The summed E-state index contributed by atoms with van der Waals surface area (Å²) in [5, 5.41) is 7.02. The smallest absolute Gasteiger partial charge is 0.265 e. The van der Waals surface area contributed by atoms with E-state index in [1.165, 1.54) is 4.90 Å². The number of hydrogen-bond acceptors (Lipinski definition) is 5. The maximum absolute atomic E-state index is 12.4. The molecule has 0 spiro atoms. The third-order valence-corrected chi connectivity index (χ3v) is 4.17. The van der Waals surface area contributed by atoms with Crippen LogP contribution in [-0.2, 0) is 16.1 Å². The molecule has 0 atom stereocenters. The molecule has 3 heterocycles. The summed E-state index contributed by atoms with van der Waals surface area (Å²) < 4.78 is 7.04. The van der Waals surface area contributed by atoms with E-state index in [1.807, 2.05) is 12.1 Å². The first kappa shape index (κ1) is 16.8. The van der Waals surface area contributed by atoms with Gasteiger partial charge in [0, 0.05) is 30.7 Å². The molecular formula is C19H17N5O3. The van der Waals surface area contributed by atoms with Crippen LogP contribution in [0.5, 0.6) is 5.75 Å². The van der Waals surface area contributed by atoms with Crippen molar-refractivity contribution in [1.82, 2.24) is 20.1 Å².